The molecule has 0 bridgehead atoms. The molecule has 2 aromatic carbocycles. The first-order valence-corrected chi connectivity index (χ1v) is 9.28. The molecule has 1 aliphatic rings. The smallest absolute Gasteiger partial charge is 0.135 e. The quantitative estimate of drug-likeness (QED) is 0.636. The highest BCUT2D eigenvalue weighted by molar-refractivity contribution is 5.59. The van der Waals surface area contributed by atoms with Crippen LogP contribution in [0.2, 0.25) is 0 Å². The fraction of sp³-hybridized carbons (Fsp3) is 0.286. The standard InChI is InChI=1S/C21H19F4N3O/c22-12-2-5-17(24)16(7-12)20(29)9-26-14-3-6-21-27-19(11-28(21)10-14)15-4-1-13(23)8-18(15)25/h1-2,4-5,7-8,11,14,20,26,29H,3,6,9-10H2. The maximum absolute atomic E-state index is 14.0. The van der Waals surface area contributed by atoms with Gasteiger partial charge in [-0.15, -0.1) is 0 Å². The van der Waals surface area contributed by atoms with Gasteiger partial charge in [-0.1, -0.05) is 0 Å². The van der Waals surface area contributed by atoms with Crippen molar-refractivity contribution in [2.45, 2.75) is 31.5 Å². The number of rotatable bonds is 5. The van der Waals surface area contributed by atoms with Crippen LogP contribution >= 0.6 is 0 Å². The minimum atomic E-state index is -1.18. The molecular formula is C21H19F4N3O. The van der Waals surface area contributed by atoms with Crippen molar-refractivity contribution in [3.05, 3.63) is 77.3 Å². The maximum atomic E-state index is 14.0. The minimum absolute atomic E-state index is 0.0196. The molecule has 0 aliphatic carbocycles. The summed E-state index contributed by atoms with van der Waals surface area (Å²) in [5.74, 6) is -1.80. The molecule has 2 N–H and O–H groups in total. The number of imidazole rings is 1. The zero-order valence-corrected chi connectivity index (χ0v) is 15.4. The summed E-state index contributed by atoms with van der Waals surface area (Å²) < 4.78 is 56.1. The van der Waals surface area contributed by atoms with Crippen molar-refractivity contribution in [2.24, 2.45) is 0 Å². The zero-order chi connectivity index (χ0) is 20.5. The van der Waals surface area contributed by atoms with E-state index in [1.54, 1.807) is 6.20 Å². The van der Waals surface area contributed by atoms with E-state index in [-0.39, 0.29) is 23.7 Å². The van der Waals surface area contributed by atoms with Gasteiger partial charge < -0.3 is 15.0 Å². The van der Waals surface area contributed by atoms with Crippen LogP contribution < -0.4 is 5.32 Å². The van der Waals surface area contributed by atoms with Gasteiger partial charge in [0.1, 0.15) is 29.1 Å². The van der Waals surface area contributed by atoms with Crippen molar-refractivity contribution in [1.82, 2.24) is 14.9 Å². The average Bonchev–Trinajstić information content (AvgIpc) is 3.10. The summed E-state index contributed by atoms with van der Waals surface area (Å²) in [6, 6.07) is 6.33. The lowest BCUT2D eigenvalue weighted by molar-refractivity contribution is 0.161. The fourth-order valence-corrected chi connectivity index (χ4v) is 3.60. The molecule has 2 atom stereocenters. The Morgan fingerprint density at radius 2 is 1.83 bits per heavy atom. The van der Waals surface area contributed by atoms with Crippen molar-refractivity contribution < 1.29 is 22.7 Å². The predicted molar refractivity (Wildman–Crippen MR) is 99.0 cm³/mol. The Labute approximate surface area is 164 Å². The number of hydrogen-bond donors (Lipinski definition) is 2. The number of halogens is 4. The third kappa shape index (κ3) is 4.18. The van der Waals surface area contributed by atoms with Gasteiger partial charge in [0.15, 0.2) is 0 Å². The summed E-state index contributed by atoms with van der Waals surface area (Å²) in [5, 5.41) is 13.4. The molecular weight excluding hydrogens is 386 g/mol. The topological polar surface area (TPSA) is 50.1 Å². The molecule has 0 radical (unpaired) electrons. The third-order valence-corrected chi connectivity index (χ3v) is 5.12. The van der Waals surface area contributed by atoms with Crippen molar-refractivity contribution in [1.29, 1.82) is 0 Å². The maximum Gasteiger partial charge on any atom is 0.135 e. The summed E-state index contributed by atoms with van der Waals surface area (Å²) >= 11 is 0. The predicted octanol–water partition coefficient (Wildman–Crippen LogP) is 3.74. The third-order valence-electron chi connectivity index (χ3n) is 5.12. The highest BCUT2D eigenvalue weighted by Crippen LogP contribution is 2.26. The van der Waals surface area contributed by atoms with E-state index in [1.807, 2.05) is 4.57 Å². The zero-order valence-electron chi connectivity index (χ0n) is 15.4. The molecule has 29 heavy (non-hydrogen) atoms. The first kappa shape index (κ1) is 19.6. The van der Waals surface area contributed by atoms with E-state index in [4.69, 9.17) is 0 Å². The van der Waals surface area contributed by atoms with Crippen LogP contribution in [0.4, 0.5) is 17.6 Å². The van der Waals surface area contributed by atoms with E-state index in [1.165, 1.54) is 12.1 Å². The van der Waals surface area contributed by atoms with Crippen LogP contribution in [-0.4, -0.2) is 27.2 Å². The molecule has 2 heterocycles. The van der Waals surface area contributed by atoms with Gasteiger partial charge in [0.2, 0.25) is 0 Å². The molecule has 3 aromatic rings. The Bertz CT molecular complexity index is 1040. The second-order valence-corrected chi connectivity index (χ2v) is 7.14. The molecule has 0 saturated heterocycles. The monoisotopic (exact) mass is 405 g/mol. The van der Waals surface area contributed by atoms with Gasteiger partial charge in [0.25, 0.3) is 0 Å². The second kappa shape index (κ2) is 7.96. The number of aliphatic hydroxyl groups is 1. The molecule has 0 amide bonds. The molecule has 0 saturated carbocycles. The van der Waals surface area contributed by atoms with Crippen molar-refractivity contribution in [2.75, 3.05) is 6.54 Å². The molecule has 8 heteroatoms. The Morgan fingerprint density at radius 3 is 2.62 bits per heavy atom. The van der Waals surface area contributed by atoms with Gasteiger partial charge in [-0.2, -0.15) is 0 Å². The lowest BCUT2D eigenvalue weighted by Gasteiger charge is -2.26. The average molecular weight is 405 g/mol. The van der Waals surface area contributed by atoms with Crippen LogP contribution in [0.5, 0.6) is 0 Å². The number of aromatic nitrogens is 2. The molecule has 0 fully saturated rings. The van der Waals surface area contributed by atoms with Gasteiger partial charge in [-0.05, 0) is 36.8 Å². The van der Waals surface area contributed by atoms with Gasteiger partial charge in [-0.25, -0.2) is 22.5 Å². The van der Waals surface area contributed by atoms with Crippen LogP contribution in [0.1, 0.15) is 23.9 Å². The molecule has 4 rings (SSSR count). The molecule has 1 aromatic heterocycles. The van der Waals surface area contributed by atoms with E-state index in [2.05, 4.69) is 10.3 Å². The highest BCUT2D eigenvalue weighted by atomic mass is 19.1. The van der Waals surface area contributed by atoms with Gasteiger partial charge in [0, 0.05) is 48.9 Å². The van der Waals surface area contributed by atoms with Gasteiger partial charge in [0.05, 0.1) is 11.8 Å². The molecule has 0 spiro atoms. The fourth-order valence-electron chi connectivity index (χ4n) is 3.60. The number of fused-ring (bicyclic) bond motifs is 1. The summed E-state index contributed by atoms with van der Waals surface area (Å²) in [4.78, 5) is 4.44. The highest BCUT2D eigenvalue weighted by Gasteiger charge is 2.23. The summed E-state index contributed by atoms with van der Waals surface area (Å²) in [7, 11) is 0. The first-order valence-electron chi connectivity index (χ1n) is 9.28. The molecule has 2 unspecified atom stereocenters. The van der Waals surface area contributed by atoms with E-state index < -0.39 is 29.4 Å². The Hall–Kier alpha value is -2.71. The van der Waals surface area contributed by atoms with Gasteiger partial charge >= 0.3 is 0 Å². The second-order valence-electron chi connectivity index (χ2n) is 7.14. The molecule has 1 aliphatic heterocycles. The molecule has 152 valence electrons. The Balaban J connectivity index is 1.42. The first-order chi connectivity index (χ1) is 13.9. The molecule has 4 nitrogen and oxygen atoms in total. The van der Waals surface area contributed by atoms with E-state index in [0.717, 1.165) is 36.5 Å². The Morgan fingerprint density at radius 1 is 1.07 bits per heavy atom. The van der Waals surface area contributed by atoms with Crippen molar-refractivity contribution in [3.8, 4) is 11.3 Å². The lowest BCUT2D eigenvalue weighted by Crippen LogP contribution is -2.39. The number of aliphatic hydroxyl groups excluding tert-OH is 1. The van der Waals surface area contributed by atoms with E-state index in [9.17, 15) is 22.7 Å². The number of aryl methyl sites for hydroxylation is 1. The minimum Gasteiger partial charge on any atom is -0.387 e. The van der Waals surface area contributed by atoms with Crippen LogP contribution in [0.3, 0.4) is 0 Å². The summed E-state index contributed by atoms with van der Waals surface area (Å²) in [6.45, 7) is 0.595. The number of hydrogen-bond acceptors (Lipinski definition) is 3. The van der Waals surface area contributed by atoms with Gasteiger partial charge in [-0.3, -0.25) is 0 Å². The largest absolute Gasteiger partial charge is 0.387 e. The number of nitrogens with one attached hydrogen (secondary N) is 1. The van der Waals surface area contributed by atoms with Crippen LogP contribution in [0, 0.1) is 23.3 Å². The number of nitrogens with zero attached hydrogens (tertiary/aromatic N) is 2. The number of benzene rings is 2. The SMILES string of the molecule is OC(CNC1CCc2nc(-c3ccc(F)cc3F)cn2C1)c1cc(F)ccc1F. The van der Waals surface area contributed by atoms with Crippen LogP contribution in [0.15, 0.2) is 42.6 Å². The summed E-state index contributed by atoms with van der Waals surface area (Å²) in [5.41, 5.74) is 0.570. The van der Waals surface area contributed by atoms with Crippen molar-refractivity contribution in [3.63, 3.8) is 0 Å². The summed E-state index contributed by atoms with van der Waals surface area (Å²) in [6.07, 6.45) is 1.88. The van der Waals surface area contributed by atoms with Crippen LogP contribution in [-0.2, 0) is 13.0 Å². The Kier molecular flexibility index (Phi) is 5.38. The van der Waals surface area contributed by atoms with Crippen LogP contribution in [0.25, 0.3) is 11.3 Å². The van der Waals surface area contributed by atoms with Crippen molar-refractivity contribution >= 4 is 0 Å². The normalized spacial score (nSPS) is 17.2. The van der Waals surface area contributed by atoms with E-state index >= 15 is 0 Å². The van der Waals surface area contributed by atoms with E-state index in [0.29, 0.717) is 18.7 Å². The lowest BCUT2D eigenvalue weighted by atomic mass is 10.1.